The van der Waals surface area contributed by atoms with Crippen LogP contribution >= 0.6 is 11.6 Å². The van der Waals surface area contributed by atoms with Crippen LogP contribution in [0.1, 0.15) is 17.5 Å². The molecule has 0 bridgehead atoms. The number of rotatable bonds is 5. The number of amides is 2. The first-order valence-corrected chi connectivity index (χ1v) is 11.2. The van der Waals surface area contributed by atoms with Crippen LogP contribution in [0, 0.1) is 0 Å². The Balaban J connectivity index is 1.37. The molecule has 2 aromatic carbocycles. The lowest BCUT2D eigenvalue weighted by Crippen LogP contribution is -2.81. The van der Waals surface area contributed by atoms with E-state index in [-0.39, 0.29) is 18.4 Å². The monoisotopic (exact) mass is 455 g/mol. The van der Waals surface area contributed by atoms with Crippen molar-refractivity contribution in [3.8, 4) is 5.75 Å². The van der Waals surface area contributed by atoms with Crippen molar-refractivity contribution in [3.05, 3.63) is 64.7 Å². The molecular formula is C24H26ClN3O4. The summed E-state index contributed by atoms with van der Waals surface area (Å²) in [4.78, 5) is 32.4. The third kappa shape index (κ3) is 3.49. The largest absolute Gasteiger partial charge is 0.497 e. The molecule has 0 radical (unpaired) electrons. The van der Waals surface area contributed by atoms with E-state index >= 15 is 0 Å². The summed E-state index contributed by atoms with van der Waals surface area (Å²) in [7, 11) is 1.64. The van der Waals surface area contributed by atoms with Crippen molar-refractivity contribution < 1.29 is 19.4 Å². The minimum atomic E-state index is -0.788. The van der Waals surface area contributed by atoms with E-state index in [1.54, 1.807) is 13.2 Å². The summed E-state index contributed by atoms with van der Waals surface area (Å²) < 4.78 is 5.22. The van der Waals surface area contributed by atoms with E-state index in [1.165, 1.54) is 4.90 Å². The van der Waals surface area contributed by atoms with Gasteiger partial charge in [0.2, 0.25) is 5.91 Å². The highest BCUT2D eigenvalue weighted by Crippen LogP contribution is 2.41. The number of likely N-dealkylation sites (tertiary alicyclic amines) is 1. The number of aliphatic hydroxyl groups excluding tert-OH is 1. The Bertz CT molecular complexity index is 1040. The Morgan fingerprint density at radius 1 is 1.09 bits per heavy atom. The first-order valence-electron chi connectivity index (χ1n) is 10.8. The van der Waals surface area contributed by atoms with Gasteiger partial charge in [0.25, 0.3) is 5.91 Å². The second kappa shape index (κ2) is 8.15. The molecule has 32 heavy (non-hydrogen) atoms. The van der Waals surface area contributed by atoms with E-state index in [4.69, 9.17) is 16.3 Å². The number of nitrogens with zero attached hydrogens (tertiary/aromatic N) is 3. The van der Waals surface area contributed by atoms with Gasteiger partial charge in [0, 0.05) is 31.2 Å². The van der Waals surface area contributed by atoms with Gasteiger partial charge in [0.15, 0.2) is 0 Å². The molecule has 0 aromatic heterocycles. The van der Waals surface area contributed by atoms with Gasteiger partial charge < -0.3 is 9.84 Å². The fraction of sp³-hybridized carbons (Fsp3) is 0.417. The minimum absolute atomic E-state index is 0.151. The number of carbonyl (C=O) groups excluding carboxylic acids is 2. The Labute approximate surface area is 192 Å². The Hall–Kier alpha value is -2.45. The van der Waals surface area contributed by atoms with Gasteiger partial charge in [-0.1, -0.05) is 41.9 Å². The first-order chi connectivity index (χ1) is 15.4. The van der Waals surface area contributed by atoms with Crippen LogP contribution in [0.15, 0.2) is 48.5 Å². The summed E-state index contributed by atoms with van der Waals surface area (Å²) in [5.41, 5.74) is 1.09. The molecule has 8 heteroatoms. The summed E-state index contributed by atoms with van der Waals surface area (Å²) in [5, 5.41) is 10.8. The van der Waals surface area contributed by atoms with Crippen molar-refractivity contribution >= 4 is 23.4 Å². The average molecular weight is 456 g/mol. The second-order valence-corrected chi connectivity index (χ2v) is 9.31. The number of ether oxygens (including phenoxy) is 1. The smallest absolute Gasteiger partial charge is 0.252 e. The van der Waals surface area contributed by atoms with Crippen molar-refractivity contribution in [1.29, 1.82) is 0 Å². The number of β-amino-alcohol motifs (C(OH)–C–C–N with tert-alkyl or cyclic N) is 1. The maximum atomic E-state index is 13.7. The third-order valence-electron chi connectivity index (χ3n) is 6.85. The van der Waals surface area contributed by atoms with Gasteiger partial charge in [-0.25, -0.2) is 0 Å². The molecule has 1 N–H and O–H groups in total. The Kier molecular flexibility index (Phi) is 5.45. The van der Waals surface area contributed by atoms with Crippen LogP contribution in [0.2, 0.25) is 5.02 Å². The van der Waals surface area contributed by atoms with Crippen LogP contribution in [-0.2, 0) is 22.7 Å². The molecule has 2 aromatic rings. The standard InChI is InChI=1S/C24H26ClN3O4/c1-32-19-8-6-16(7-9-19)11-26-14-24(15-26)23(31)27(12-17-4-2-3-5-20(17)25)22(30)21-10-18(29)13-28(21)24/h2-9,18,21,29H,10-15H2,1H3/t18-,21+/m1/s1. The molecule has 2 amide bonds. The zero-order valence-electron chi connectivity index (χ0n) is 17.9. The lowest BCUT2D eigenvalue weighted by atomic mass is 9.82. The molecule has 3 heterocycles. The van der Waals surface area contributed by atoms with Gasteiger partial charge in [-0.3, -0.25) is 24.3 Å². The first kappa shape index (κ1) is 21.4. The molecule has 5 rings (SSSR count). The van der Waals surface area contributed by atoms with Crippen LogP contribution in [-0.4, -0.2) is 76.0 Å². The molecule has 3 fully saturated rings. The zero-order chi connectivity index (χ0) is 22.5. The van der Waals surface area contributed by atoms with E-state index in [1.807, 2.05) is 47.4 Å². The zero-order valence-corrected chi connectivity index (χ0v) is 18.7. The second-order valence-electron chi connectivity index (χ2n) is 8.90. The number of benzene rings is 2. The van der Waals surface area contributed by atoms with Crippen LogP contribution in [0.3, 0.4) is 0 Å². The van der Waals surface area contributed by atoms with Gasteiger partial charge in [-0.2, -0.15) is 0 Å². The molecule has 3 aliphatic heterocycles. The fourth-order valence-electron chi connectivity index (χ4n) is 5.23. The van der Waals surface area contributed by atoms with E-state index in [9.17, 15) is 14.7 Å². The van der Waals surface area contributed by atoms with Crippen molar-refractivity contribution in [3.63, 3.8) is 0 Å². The summed E-state index contributed by atoms with van der Waals surface area (Å²) >= 11 is 6.31. The number of halogens is 1. The summed E-state index contributed by atoms with van der Waals surface area (Å²) in [6, 6.07) is 14.7. The van der Waals surface area contributed by atoms with Gasteiger partial charge in [0.05, 0.1) is 25.8 Å². The highest BCUT2D eigenvalue weighted by atomic mass is 35.5. The molecule has 7 nitrogen and oxygen atoms in total. The van der Waals surface area contributed by atoms with Crippen molar-refractivity contribution in [1.82, 2.24) is 14.7 Å². The fourth-order valence-corrected chi connectivity index (χ4v) is 5.43. The van der Waals surface area contributed by atoms with Gasteiger partial charge >= 0.3 is 0 Å². The predicted octanol–water partition coefficient (Wildman–Crippen LogP) is 1.91. The predicted molar refractivity (Wildman–Crippen MR) is 119 cm³/mol. The van der Waals surface area contributed by atoms with Crippen LogP contribution < -0.4 is 4.74 Å². The highest BCUT2D eigenvalue weighted by molar-refractivity contribution is 6.31. The lowest BCUT2D eigenvalue weighted by molar-refractivity contribution is -0.181. The normalized spacial score (nSPS) is 25.2. The lowest BCUT2D eigenvalue weighted by Gasteiger charge is -2.58. The van der Waals surface area contributed by atoms with Crippen LogP contribution in [0.5, 0.6) is 5.75 Å². The van der Waals surface area contributed by atoms with Crippen LogP contribution in [0.4, 0.5) is 0 Å². The summed E-state index contributed by atoms with van der Waals surface area (Å²) in [6.07, 6.45) is -0.254. The molecule has 1 spiro atoms. The molecule has 0 unspecified atom stereocenters. The number of fused-ring (bicyclic) bond motifs is 2. The molecule has 3 aliphatic rings. The Morgan fingerprint density at radius 2 is 1.81 bits per heavy atom. The summed E-state index contributed by atoms with van der Waals surface area (Å²) in [6.45, 7) is 2.25. The maximum absolute atomic E-state index is 13.7. The number of methoxy groups -OCH3 is 1. The molecule has 168 valence electrons. The maximum Gasteiger partial charge on any atom is 0.252 e. The third-order valence-corrected chi connectivity index (χ3v) is 7.21. The van der Waals surface area contributed by atoms with Gasteiger partial charge in [-0.05, 0) is 35.7 Å². The molecule has 0 aliphatic carbocycles. The number of hydrogen-bond donors (Lipinski definition) is 1. The number of imide groups is 1. The molecule has 0 saturated carbocycles. The molecule has 2 atom stereocenters. The molecular weight excluding hydrogens is 430 g/mol. The van der Waals surface area contributed by atoms with E-state index in [2.05, 4.69) is 4.90 Å². The summed E-state index contributed by atoms with van der Waals surface area (Å²) in [5.74, 6) is 0.364. The molecule has 3 saturated heterocycles. The number of piperazine rings is 1. The number of aliphatic hydroxyl groups is 1. The van der Waals surface area contributed by atoms with Crippen LogP contribution in [0.25, 0.3) is 0 Å². The van der Waals surface area contributed by atoms with E-state index < -0.39 is 17.7 Å². The average Bonchev–Trinajstić information content (AvgIpc) is 3.16. The van der Waals surface area contributed by atoms with Gasteiger partial charge in [0.1, 0.15) is 11.3 Å². The van der Waals surface area contributed by atoms with Crippen molar-refractivity contribution in [2.24, 2.45) is 0 Å². The number of hydrogen-bond acceptors (Lipinski definition) is 6. The highest BCUT2D eigenvalue weighted by Gasteiger charge is 2.64. The topological polar surface area (TPSA) is 73.3 Å². The SMILES string of the molecule is COc1ccc(CN2CC3(C2)C(=O)N(Cc2ccccc2Cl)C(=O)[C@@H]2C[C@@H](O)CN23)cc1. The minimum Gasteiger partial charge on any atom is -0.497 e. The van der Waals surface area contributed by atoms with Crippen molar-refractivity contribution in [2.75, 3.05) is 26.7 Å². The van der Waals surface area contributed by atoms with Crippen molar-refractivity contribution in [2.45, 2.75) is 37.2 Å². The number of carbonyl (C=O) groups is 2. The Morgan fingerprint density at radius 3 is 2.50 bits per heavy atom. The van der Waals surface area contributed by atoms with E-state index in [0.29, 0.717) is 37.6 Å². The van der Waals surface area contributed by atoms with E-state index in [0.717, 1.165) is 16.9 Å². The quantitative estimate of drug-likeness (QED) is 0.694. The van der Waals surface area contributed by atoms with Gasteiger partial charge in [-0.15, -0.1) is 0 Å².